The number of hydrogen-bond donors (Lipinski definition) is 0. The van der Waals surface area contributed by atoms with E-state index in [9.17, 15) is 4.79 Å². The number of hydrogen-bond acceptors (Lipinski definition) is 4. The SMILES string of the molecule is Cc1ccnn1-c1cccc(C(=O)N(C)c2ccc3c(c2)OCO3)c1. The number of carbonyl (C=O) groups is 1. The first-order chi connectivity index (χ1) is 12.1. The largest absolute Gasteiger partial charge is 0.454 e. The summed E-state index contributed by atoms with van der Waals surface area (Å²) in [7, 11) is 1.74. The van der Waals surface area contributed by atoms with Gasteiger partial charge in [-0.3, -0.25) is 4.79 Å². The maximum absolute atomic E-state index is 12.9. The highest BCUT2D eigenvalue weighted by atomic mass is 16.7. The zero-order chi connectivity index (χ0) is 17.4. The van der Waals surface area contributed by atoms with Crippen molar-refractivity contribution in [3.05, 3.63) is 66.0 Å². The molecule has 3 aromatic rings. The summed E-state index contributed by atoms with van der Waals surface area (Å²) in [6, 6.07) is 14.8. The second kappa shape index (κ2) is 5.98. The lowest BCUT2D eigenvalue weighted by atomic mass is 10.1. The zero-order valence-corrected chi connectivity index (χ0v) is 14.0. The predicted octanol–water partition coefficient (Wildman–Crippen LogP) is 3.19. The molecular formula is C19H17N3O3. The Labute approximate surface area is 145 Å². The van der Waals surface area contributed by atoms with E-state index in [1.807, 2.05) is 49.4 Å². The minimum atomic E-state index is -0.106. The fourth-order valence-electron chi connectivity index (χ4n) is 2.82. The zero-order valence-electron chi connectivity index (χ0n) is 14.0. The van der Waals surface area contributed by atoms with E-state index in [-0.39, 0.29) is 12.7 Å². The van der Waals surface area contributed by atoms with Gasteiger partial charge in [0, 0.05) is 36.3 Å². The topological polar surface area (TPSA) is 56.6 Å². The molecule has 2 aromatic carbocycles. The second-order valence-corrected chi connectivity index (χ2v) is 5.84. The first kappa shape index (κ1) is 15.3. The molecule has 0 saturated carbocycles. The van der Waals surface area contributed by atoms with Gasteiger partial charge in [-0.15, -0.1) is 0 Å². The van der Waals surface area contributed by atoms with E-state index in [0.29, 0.717) is 17.1 Å². The number of ether oxygens (including phenoxy) is 2. The number of aromatic nitrogens is 2. The van der Waals surface area contributed by atoms with Crippen molar-refractivity contribution < 1.29 is 14.3 Å². The molecule has 6 nitrogen and oxygen atoms in total. The Bertz CT molecular complexity index is 949. The Balaban J connectivity index is 1.63. The van der Waals surface area contributed by atoms with Crippen LogP contribution in [-0.4, -0.2) is 29.5 Å². The molecule has 0 N–H and O–H groups in total. The molecule has 2 heterocycles. The maximum atomic E-state index is 12.9. The number of anilines is 1. The maximum Gasteiger partial charge on any atom is 0.258 e. The van der Waals surface area contributed by atoms with Crippen LogP contribution in [0.4, 0.5) is 5.69 Å². The molecule has 25 heavy (non-hydrogen) atoms. The van der Waals surface area contributed by atoms with E-state index < -0.39 is 0 Å². The highest BCUT2D eigenvalue weighted by Gasteiger charge is 2.19. The van der Waals surface area contributed by atoms with Crippen LogP contribution in [0.25, 0.3) is 5.69 Å². The summed E-state index contributed by atoms with van der Waals surface area (Å²) in [5.74, 6) is 1.24. The van der Waals surface area contributed by atoms with Crippen LogP contribution < -0.4 is 14.4 Å². The Kier molecular flexibility index (Phi) is 3.65. The van der Waals surface area contributed by atoms with Crippen molar-refractivity contribution in [2.24, 2.45) is 0 Å². The summed E-state index contributed by atoms with van der Waals surface area (Å²) in [4.78, 5) is 14.5. The van der Waals surface area contributed by atoms with Gasteiger partial charge in [0.1, 0.15) is 0 Å². The molecular weight excluding hydrogens is 318 g/mol. The summed E-state index contributed by atoms with van der Waals surface area (Å²) in [6.45, 7) is 2.18. The minimum absolute atomic E-state index is 0.106. The first-order valence-corrected chi connectivity index (χ1v) is 7.92. The minimum Gasteiger partial charge on any atom is -0.454 e. The number of carbonyl (C=O) groups excluding carboxylic acids is 1. The van der Waals surface area contributed by atoms with E-state index in [4.69, 9.17) is 9.47 Å². The second-order valence-electron chi connectivity index (χ2n) is 5.84. The standard InChI is InChI=1S/C19H17N3O3/c1-13-8-9-20-22(13)16-5-3-4-14(10-16)19(23)21(2)15-6-7-17-18(11-15)25-12-24-17/h3-11H,12H2,1-2H3. The molecule has 0 unspecified atom stereocenters. The first-order valence-electron chi connectivity index (χ1n) is 7.92. The van der Waals surface area contributed by atoms with Crippen molar-refractivity contribution in [1.29, 1.82) is 0 Å². The fourth-order valence-corrected chi connectivity index (χ4v) is 2.82. The van der Waals surface area contributed by atoms with Crippen LogP contribution in [0, 0.1) is 6.92 Å². The lowest BCUT2D eigenvalue weighted by Crippen LogP contribution is -2.26. The van der Waals surface area contributed by atoms with Crippen molar-refractivity contribution in [1.82, 2.24) is 9.78 Å². The molecule has 1 aliphatic rings. The van der Waals surface area contributed by atoms with Gasteiger partial charge < -0.3 is 14.4 Å². The van der Waals surface area contributed by atoms with Crippen molar-refractivity contribution in [3.8, 4) is 17.2 Å². The third-order valence-electron chi connectivity index (χ3n) is 4.22. The predicted molar refractivity (Wildman–Crippen MR) is 93.6 cm³/mol. The lowest BCUT2D eigenvalue weighted by molar-refractivity contribution is 0.0993. The number of fused-ring (bicyclic) bond motifs is 1. The third kappa shape index (κ3) is 2.71. The van der Waals surface area contributed by atoms with Gasteiger partial charge in [0.2, 0.25) is 6.79 Å². The van der Waals surface area contributed by atoms with Gasteiger partial charge in [0.25, 0.3) is 5.91 Å². The van der Waals surface area contributed by atoms with Gasteiger partial charge in [-0.05, 0) is 43.3 Å². The van der Waals surface area contributed by atoms with Crippen LogP contribution in [0.15, 0.2) is 54.7 Å². The Morgan fingerprint density at radius 1 is 1.12 bits per heavy atom. The molecule has 4 rings (SSSR count). The quantitative estimate of drug-likeness (QED) is 0.738. The van der Waals surface area contributed by atoms with E-state index >= 15 is 0 Å². The van der Waals surface area contributed by atoms with Crippen LogP contribution in [0.1, 0.15) is 16.1 Å². The normalized spacial score (nSPS) is 12.2. The Morgan fingerprint density at radius 2 is 1.96 bits per heavy atom. The van der Waals surface area contributed by atoms with Gasteiger partial charge >= 0.3 is 0 Å². The molecule has 0 spiro atoms. The van der Waals surface area contributed by atoms with E-state index in [1.165, 1.54) is 0 Å². The molecule has 0 aliphatic carbocycles. The van der Waals surface area contributed by atoms with Crippen LogP contribution in [-0.2, 0) is 0 Å². The van der Waals surface area contributed by atoms with Crippen LogP contribution in [0.3, 0.4) is 0 Å². The molecule has 0 atom stereocenters. The lowest BCUT2D eigenvalue weighted by Gasteiger charge is -2.18. The fraction of sp³-hybridized carbons (Fsp3) is 0.158. The third-order valence-corrected chi connectivity index (χ3v) is 4.22. The monoisotopic (exact) mass is 335 g/mol. The number of aryl methyl sites for hydroxylation is 1. The molecule has 0 fully saturated rings. The van der Waals surface area contributed by atoms with Gasteiger partial charge in [-0.25, -0.2) is 4.68 Å². The number of rotatable bonds is 3. The highest BCUT2D eigenvalue weighted by molar-refractivity contribution is 6.06. The number of nitrogens with zero attached hydrogens (tertiary/aromatic N) is 3. The van der Waals surface area contributed by atoms with Crippen molar-refractivity contribution in [2.75, 3.05) is 18.7 Å². The number of amides is 1. The van der Waals surface area contributed by atoms with Crippen LogP contribution in [0.2, 0.25) is 0 Å². The van der Waals surface area contributed by atoms with Crippen molar-refractivity contribution >= 4 is 11.6 Å². The molecule has 1 aliphatic heterocycles. The van der Waals surface area contributed by atoms with Crippen LogP contribution in [0.5, 0.6) is 11.5 Å². The van der Waals surface area contributed by atoms with Crippen LogP contribution >= 0.6 is 0 Å². The molecule has 0 radical (unpaired) electrons. The molecule has 6 heteroatoms. The summed E-state index contributed by atoms with van der Waals surface area (Å²) >= 11 is 0. The van der Waals surface area contributed by atoms with Crippen molar-refractivity contribution in [3.63, 3.8) is 0 Å². The summed E-state index contributed by atoms with van der Waals surface area (Å²) in [5.41, 5.74) is 3.20. The smallest absolute Gasteiger partial charge is 0.258 e. The highest BCUT2D eigenvalue weighted by Crippen LogP contribution is 2.35. The number of benzene rings is 2. The average Bonchev–Trinajstić information content (AvgIpc) is 3.28. The van der Waals surface area contributed by atoms with E-state index in [1.54, 1.807) is 28.9 Å². The van der Waals surface area contributed by atoms with E-state index in [2.05, 4.69) is 5.10 Å². The molecule has 126 valence electrons. The molecule has 0 saturated heterocycles. The Morgan fingerprint density at radius 3 is 2.76 bits per heavy atom. The van der Waals surface area contributed by atoms with Gasteiger partial charge in [0.05, 0.1) is 5.69 Å². The van der Waals surface area contributed by atoms with E-state index in [0.717, 1.165) is 17.1 Å². The molecule has 1 amide bonds. The summed E-state index contributed by atoms with van der Waals surface area (Å²) in [6.07, 6.45) is 1.74. The Hall–Kier alpha value is -3.28. The average molecular weight is 335 g/mol. The molecule has 1 aromatic heterocycles. The summed E-state index contributed by atoms with van der Waals surface area (Å²) in [5, 5.41) is 4.29. The molecule has 0 bridgehead atoms. The van der Waals surface area contributed by atoms with Crippen molar-refractivity contribution in [2.45, 2.75) is 6.92 Å². The van der Waals surface area contributed by atoms with Gasteiger partial charge in [0.15, 0.2) is 11.5 Å². The van der Waals surface area contributed by atoms with Gasteiger partial charge in [-0.2, -0.15) is 5.10 Å². The van der Waals surface area contributed by atoms with Gasteiger partial charge in [-0.1, -0.05) is 6.07 Å². The summed E-state index contributed by atoms with van der Waals surface area (Å²) < 4.78 is 12.5.